The summed E-state index contributed by atoms with van der Waals surface area (Å²) in [5.74, 6) is 2.12. The Morgan fingerprint density at radius 1 is 1.00 bits per heavy atom. The fourth-order valence-electron chi connectivity index (χ4n) is 2.35. The summed E-state index contributed by atoms with van der Waals surface area (Å²) in [5.41, 5.74) is 3.19. The van der Waals surface area contributed by atoms with Crippen LogP contribution in [0.4, 0.5) is 11.5 Å². The number of fused-ring (bicyclic) bond motifs is 1. The third-order valence-corrected chi connectivity index (χ3v) is 3.68. The van der Waals surface area contributed by atoms with Gasteiger partial charge >= 0.3 is 0 Å². The van der Waals surface area contributed by atoms with Crippen LogP contribution in [0.2, 0.25) is 0 Å². The summed E-state index contributed by atoms with van der Waals surface area (Å²) in [7, 11) is 1.65. The molecule has 2 aromatic carbocycles. The molecule has 3 aromatic rings. The molecule has 0 amide bonds. The fourth-order valence-corrected chi connectivity index (χ4v) is 2.35. The van der Waals surface area contributed by atoms with Gasteiger partial charge in [0.25, 0.3) is 0 Å². The van der Waals surface area contributed by atoms with Crippen LogP contribution < -0.4 is 10.1 Å². The second kappa shape index (κ2) is 6.02. The Hall–Kier alpha value is -2.62. The number of nitrogens with zero attached hydrogens (tertiary/aromatic N) is 2. The normalized spacial score (nSPS) is 10.9. The highest BCUT2D eigenvalue weighted by Crippen LogP contribution is 2.26. The lowest BCUT2D eigenvalue weighted by molar-refractivity contribution is 0.415. The van der Waals surface area contributed by atoms with Crippen LogP contribution in [0.1, 0.15) is 25.3 Å². The lowest BCUT2D eigenvalue weighted by Crippen LogP contribution is -1.97. The van der Waals surface area contributed by atoms with Gasteiger partial charge in [0.2, 0.25) is 0 Å². The molecule has 0 unspecified atom stereocenters. The third kappa shape index (κ3) is 2.86. The molecule has 0 radical (unpaired) electrons. The van der Waals surface area contributed by atoms with Gasteiger partial charge in [-0.1, -0.05) is 26.0 Å². The fraction of sp³-hybridized carbons (Fsp3) is 0.222. The Kier molecular flexibility index (Phi) is 3.92. The number of nitrogens with one attached hydrogen (secondary N) is 1. The molecule has 0 aliphatic heterocycles. The zero-order valence-corrected chi connectivity index (χ0v) is 13.0. The number of hydrogen-bond acceptors (Lipinski definition) is 4. The molecule has 0 atom stereocenters. The second-order valence-corrected chi connectivity index (χ2v) is 5.51. The molecule has 22 heavy (non-hydrogen) atoms. The minimum absolute atomic E-state index is 0.529. The predicted molar refractivity (Wildman–Crippen MR) is 89.9 cm³/mol. The minimum Gasteiger partial charge on any atom is -0.497 e. The Morgan fingerprint density at radius 3 is 2.45 bits per heavy atom. The predicted octanol–water partition coefficient (Wildman–Crippen LogP) is 4.51. The molecule has 1 heterocycles. The molecule has 0 aliphatic rings. The summed E-state index contributed by atoms with van der Waals surface area (Å²) < 4.78 is 5.24. The number of rotatable bonds is 4. The lowest BCUT2D eigenvalue weighted by atomic mass is 10.0. The van der Waals surface area contributed by atoms with Crippen LogP contribution in [0.5, 0.6) is 5.75 Å². The van der Waals surface area contributed by atoms with E-state index in [9.17, 15) is 0 Å². The first-order valence-corrected chi connectivity index (χ1v) is 7.33. The van der Waals surface area contributed by atoms with E-state index >= 15 is 0 Å². The van der Waals surface area contributed by atoms with Gasteiger partial charge in [0, 0.05) is 17.1 Å². The zero-order chi connectivity index (χ0) is 15.5. The van der Waals surface area contributed by atoms with Gasteiger partial charge in [0.05, 0.1) is 12.6 Å². The van der Waals surface area contributed by atoms with Crippen LogP contribution >= 0.6 is 0 Å². The van der Waals surface area contributed by atoms with E-state index in [1.54, 1.807) is 13.4 Å². The number of ether oxygens (including phenoxy) is 1. The van der Waals surface area contributed by atoms with Gasteiger partial charge in [-0.05, 0) is 35.7 Å². The van der Waals surface area contributed by atoms with Crippen molar-refractivity contribution in [2.24, 2.45) is 0 Å². The van der Waals surface area contributed by atoms with Gasteiger partial charge in [-0.3, -0.25) is 0 Å². The molecule has 112 valence electrons. The average molecular weight is 293 g/mol. The van der Waals surface area contributed by atoms with Crippen LogP contribution in [0.15, 0.2) is 48.8 Å². The van der Waals surface area contributed by atoms with Crippen LogP contribution in [-0.4, -0.2) is 17.1 Å². The van der Waals surface area contributed by atoms with E-state index in [-0.39, 0.29) is 0 Å². The number of hydrogen-bond donors (Lipinski definition) is 1. The van der Waals surface area contributed by atoms with E-state index < -0.39 is 0 Å². The first kappa shape index (κ1) is 14.3. The summed E-state index contributed by atoms with van der Waals surface area (Å²) in [5, 5.41) is 4.33. The van der Waals surface area contributed by atoms with Gasteiger partial charge in [0.1, 0.15) is 17.9 Å². The molecule has 0 aliphatic carbocycles. The molecule has 1 aromatic heterocycles. The minimum atomic E-state index is 0.529. The van der Waals surface area contributed by atoms with Crippen molar-refractivity contribution >= 4 is 22.4 Å². The monoisotopic (exact) mass is 293 g/mol. The van der Waals surface area contributed by atoms with Crippen molar-refractivity contribution in [2.45, 2.75) is 19.8 Å². The number of methoxy groups -OCH3 is 1. The van der Waals surface area contributed by atoms with Crippen molar-refractivity contribution in [1.82, 2.24) is 9.97 Å². The van der Waals surface area contributed by atoms with Crippen LogP contribution in [0.25, 0.3) is 10.9 Å². The molecule has 0 saturated carbocycles. The largest absolute Gasteiger partial charge is 0.497 e. The maximum Gasteiger partial charge on any atom is 0.141 e. The molecular weight excluding hydrogens is 274 g/mol. The van der Waals surface area contributed by atoms with E-state index in [1.165, 1.54) is 5.56 Å². The average Bonchev–Trinajstić information content (AvgIpc) is 2.55. The van der Waals surface area contributed by atoms with Crippen LogP contribution in [0.3, 0.4) is 0 Å². The van der Waals surface area contributed by atoms with E-state index in [0.717, 1.165) is 28.2 Å². The number of benzene rings is 2. The first-order valence-electron chi connectivity index (χ1n) is 7.33. The van der Waals surface area contributed by atoms with Gasteiger partial charge in [-0.25, -0.2) is 9.97 Å². The Labute approximate surface area is 130 Å². The van der Waals surface area contributed by atoms with E-state index in [0.29, 0.717) is 5.92 Å². The Bertz CT molecular complexity index is 782. The molecule has 3 rings (SSSR count). The highest BCUT2D eigenvalue weighted by molar-refractivity contribution is 5.91. The Balaban J connectivity index is 1.93. The summed E-state index contributed by atoms with van der Waals surface area (Å²) in [6.07, 6.45) is 1.56. The maximum atomic E-state index is 5.24. The van der Waals surface area contributed by atoms with Gasteiger partial charge in [-0.15, -0.1) is 0 Å². The molecule has 4 nitrogen and oxygen atoms in total. The third-order valence-electron chi connectivity index (χ3n) is 3.68. The van der Waals surface area contributed by atoms with Crippen molar-refractivity contribution < 1.29 is 4.74 Å². The smallest absolute Gasteiger partial charge is 0.141 e. The molecular formula is C18H19N3O. The van der Waals surface area contributed by atoms with E-state index in [2.05, 4.69) is 53.4 Å². The quantitative estimate of drug-likeness (QED) is 0.769. The van der Waals surface area contributed by atoms with E-state index in [4.69, 9.17) is 4.74 Å². The number of aromatic nitrogens is 2. The summed E-state index contributed by atoms with van der Waals surface area (Å²) >= 11 is 0. The SMILES string of the molecule is COc1ccc2c(Nc3ccc(C(C)C)cc3)ncnc2c1. The molecule has 0 spiro atoms. The molecule has 0 bridgehead atoms. The standard InChI is InChI=1S/C18H19N3O/c1-12(2)13-4-6-14(7-5-13)21-18-16-9-8-15(22-3)10-17(16)19-11-20-18/h4-12H,1-3H3,(H,19,20,21). The molecule has 0 fully saturated rings. The summed E-state index contributed by atoms with van der Waals surface area (Å²) in [4.78, 5) is 8.65. The molecule has 0 saturated heterocycles. The first-order chi connectivity index (χ1) is 10.7. The molecule has 4 heteroatoms. The van der Waals surface area contributed by atoms with Crippen LogP contribution in [-0.2, 0) is 0 Å². The van der Waals surface area contributed by atoms with Gasteiger partial charge < -0.3 is 10.1 Å². The van der Waals surface area contributed by atoms with Crippen molar-refractivity contribution in [3.05, 3.63) is 54.4 Å². The highest BCUT2D eigenvalue weighted by Gasteiger charge is 2.06. The van der Waals surface area contributed by atoms with Gasteiger partial charge in [0.15, 0.2) is 0 Å². The molecule has 1 N–H and O–H groups in total. The summed E-state index contributed by atoms with van der Waals surface area (Å²) in [6.45, 7) is 4.38. The second-order valence-electron chi connectivity index (χ2n) is 5.51. The Morgan fingerprint density at radius 2 is 1.77 bits per heavy atom. The van der Waals surface area contributed by atoms with Crippen molar-refractivity contribution in [1.29, 1.82) is 0 Å². The van der Waals surface area contributed by atoms with Gasteiger partial charge in [-0.2, -0.15) is 0 Å². The number of anilines is 2. The van der Waals surface area contributed by atoms with Crippen LogP contribution in [0, 0.1) is 0 Å². The lowest BCUT2D eigenvalue weighted by Gasteiger charge is -2.10. The summed E-state index contributed by atoms with van der Waals surface area (Å²) in [6, 6.07) is 14.2. The van der Waals surface area contributed by atoms with Crippen molar-refractivity contribution in [3.63, 3.8) is 0 Å². The zero-order valence-electron chi connectivity index (χ0n) is 13.0. The topological polar surface area (TPSA) is 47.0 Å². The van der Waals surface area contributed by atoms with E-state index in [1.807, 2.05) is 18.2 Å². The van der Waals surface area contributed by atoms with Crippen molar-refractivity contribution in [3.8, 4) is 5.75 Å². The van der Waals surface area contributed by atoms with Crippen molar-refractivity contribution in [2.75, 3.05) is 12.4 Å². The highest BCUT2D eigenvalue weighted by atomic mass is 16.5. The maximum absolute atomic E-state index is 5.24.